The van der Waals surface area contributed by atoms with E-state index in [-0.39, 0.29) is 29.3 Å². The Bertz CT molecular complexity index is 758. The van der Waals surface area contributed by atoms with Crippen LogP contribution in [0, 0.1) is 11.8 Å². The van der Waals surface area contributed by atoms with Crippen LogP contribution in [0.25, 0.3) is 0 Å². The van der Waals surface area contributed by atoms with Crippen LogP contribution in [0.4, 0.5) is 4.79 Å². The van der Waals surface area contributed by atoms with E-state index in [2.05, 4.69) is 28.1 Å². The largest absolute Gasteiger partial charge is 0.444 e. The molecule has 148 valence electrons. The van der Waals surface area contributed by atoms with Crippen LogP contribution in [0.5, 0.6) is 0 Å². The zero-order valence-corrected chi connectivity index (χ0v) is 18.1. The second-order valence-electron chi connectivity index (χ2n) is 9.09. The first-order valence-electron chi connectivity index (χ1n) is 9.57. The fourth-order valence-electron chi connectivity index (χ4n) is 4.51. The maximum atomic E-state index is 12.6. The maximum absolute atomic E-state index is 12.6. The summed E-state index contributed by atoms with van der Waals surface area (Å²) < 4.78 is 6.62. The first kappa shape index (κ1) is 20.2. The molecule has 1 aromatic rings. The van der Waals surface area contributed by atoms with E-state index in [0.717, 1.165) is 23.7 Å². The molecule has 27 heavy (non-hydrogen) atoms. The molecule has 0 aromatic heterocycles. The standard InChI is InChI=1S/C21H29BrN2O3/c1-13(18(23)25)15-9-14-5-6-16(22)10-17(14)21(11-15)7-8-24(12-21)19(26)27-20(2,3)4/h5-6,10,13,15H,7-9,11-12H2,1-4H3,(H2,23,25). The minimum atomic E-state index is -0.511. The summed E-state index contributed by atoms with van der Waals surface area (Å²) in [4.78, 5) is 26.2. The van der Waals surface area contributed by atoms with Gasteiger partial charge in [-0.3, -0.25) is 4.79 Å². The average molecular weight is 437 g/mol. The molecule has 1 fully saturated rings. The van der Waals surface area contributed by atoms with Gasteiger partial charge in [0.2, 0.25) is 5.91 Å². The van der Waals surface area contributed by atoms with Crippen molar-refractivity contribution in [2.24, 2.45) is 17.6 Å². The molecule has 0 radical (unpaired) electrons. The minimum absolute atomic E-state index is 0.150. The van der Waals surface area contributed by atoms with Crippen LogP contribution >= 0.6 is 15.9 Å². The Labute approximate surface area is 169 Å². The molecule has 2 aliphatic rings. The van der Waals surface area contributed by atoms with Crippen molar-refractivity contribution in [3.05, 3.63) is 33.8 Å². The highest BCUT2D eigenvalue weighted by Gasteiger charge is 2.48. The molecule has 1 aliphatic heterocycles. The van der Waals surface area contributed by atoms with Gasteiger partial charge in [0, 0.05) is 28.9 Å². The van der Waals surface area contributed by atoms with E-state index >= 15 is 0 Å². The van der Waals surface area contributed by atoms with Gasteiger partial charge in [0.15, 0.2) is 0 Å². The molecule has 0 bridgehead atoms. The molecule has 6 heteroatoms. The van der Waals surface area contributed by atoms with Gasteiger partial charge in [0.1, 0.15) is 5.60 Å². The summed E-state index contributed by atoms with van der Waals surface area (Å²) in [5.74, 6) is -0.248. The number of amides is 2. The monoisotopic (exact) mass is 436 g/mol. The number of nitrogens with two attached hydrogens (primary N) is 1. The molecule has 3 rings (SSSR count). The first-order valence-corrected chi connectivity index (χ1v) is 10.4. The number of rotatable bonds is 2. The molecule has 1 spiro atoms. The van der Waals surface area contributed by atoms with E-state index in [1.165, 1.54) is 11.1 Å². The van der Waals surface area contributed by atoms with Crippen molar-refractivity contribution in [2.45, 2.75) is 58.0 Å². The summed E-state index contributed by atoms with van der Waals surface area (Å²) >= 11 is 3.59. The van der Waals surface area contributed by atoms with Gasteiger partial charge in [-0.05, 0) is 69.2 Å². The highest BCUT2D eigenvalue weighted by molar-refractivity contribution is 9.10. The Balaban J connectivity index is 1.92. The van der Waals surface area contributed by atoms with Crippen LogP contribution in [-0.4, -0.2) is 35.6 Å². The van der Waals surface area contributed by atoms with Crippen molar-refractivity contribution >= 4 is 27.9 Å². The van der Waals surface area contributed by atoms with Crippen molar-refractivity contribution < 1.29 is 14.3 Å². The number of carbonyl (C=O) groups excluding carboxylic acids is 2. The third kappa shape index (κ3) is 4.15. The first-order chi connectivity index (χ1) is 12.5. The molecule has 0 saturated carbocycles. The Morgan fingerprint density at radius 1 is 1.37 bits per heavy atom. The Morgan fingerprint density at radius 2 is 2.07 bits per heavy atom. The van der Waals surface area contributed by atoms with Crippen LogP contribution in [0.1, 0.15) is 51.7 Å². The molecule has 1 aromatic carbocycles. The normalized spacial score (nSPS) is 26.0. The summed E-state index contributed by atoms with van der Waals surface area (Å²) in [6.07, 6.45) is 2.32. The van der Waals surface area contributed by atoms with Crippen LogP contribution in [-0.2, 0) is 21.4 Å². The molecule has 1 aliphatic carbocycles. The number of likely N-dealkylation sites (tertiary alicyclic amines) is 1. The van der Waals surface area contributed by atoms with Crippen LogP contribution < -0.4 is 5.73 Å². The third-order valence-corrected chi connectivity index (χ3v) is 6.43. The van der Waals surface area contributed by atoms with E-state index in [9.17, 15) is 9.59 Å². The smallest absolute Gasteiger partial charge is 0.410 e. The summed E-state index contributed by atoms with van der Waals surface area (Å²) in [5.41, 5.74) is 7.50. The SMILES string of the molecule is CC(C(N)=O)C1Cc2ccc(Br)cc2C2(CCN(C(=O)OC(C)(C)C)C2)C1. The van der Waals surface area contributed by atoms with E-state index in [4.69, 9.17) is 10.5 Å². The predicted octanol–water partition coefficient (Wildman–Crippen LogP) is 4.01. The maximum Gasteiger partial charge on any atom is 0.410 e. The Kier molecular flexibility index (Phi) is 5.32. The average Bonchev–Trinajstić information content (AvgIpc) is 2.98. The van der Waals surface area contributed by atoms with Gasteiger partial charge in [0.25, 0.3) is 0 Å². The number of benzene rings is 1. The predicted molar refractivity (Wildman–Crippen MR) is 108 cm³/mol. The number of nitrogens with zero attached hydrogens (tertiary/aromatic N) is 1. The molecule has 3 unspecified atom stereocenters. The third-order valence-electron chi connectivity index (χ3n) is 5.94. The summed E-state index contributed by atoms with van der Waals surface area (Å²) in [5, 5.41) is 0. The number of carbonyl (C=O) groups is 2. The van der Waals surface area contributed by atoms with Gasteiger partial charge in [0.05, 0.1) is 0 Å². The van der Waals surface area contributed by atoms with Crippen molar-refractivity contribution in [2.75, 3.05) is 13.1 Å². The number of primary amides is 1. The second kappa shape index (κ2) is 7.12. The molecule has 1 saturated heterocycles. The van der Waals surface area contributed by atoms with Gasteiger partial charge >= 0.3 is 6.09 Å². The van der Waals surface area contributed by atoms with Gasteiger partial charge in [-0.25, -0.2) is 4.79 Å². The number of fused-ring (bicyclic) bond motifs is 2. The summed E-state index contributed by atoms with van der Waals surface area (Å²) in [6.45, 7) is 8.86. The van der Waals surface area contributed by atoms with Gasteiger partial charge in [-0.2, -0.15) is 0 Å². The highest BCUT2D eigenvalue weighted by Crippen LogP contribution is 2.48. The zero-order chi connectivity index (χ0) is 20.0. The van der Waals surface area contributed by atoms with E-state index in [0.29, 0.717) is 13.1 Å². The van der Waals surface area contributed by atoms with E-state index in [1.807, 2.05) is 38.7 Å². The summed E-state index contributed by atoms with van der Waals surface area (Å²) in [6, 6.07) is 6.36. The zero-order valence-electron chi connectivity index (χ0n) is 16.5. The summed E-state index contributed by atoms with van der Waals surface area (Å²) in [7, 11) is 0. The van der Waals surface area contributed by atoms with Crippen LogP contribution in [0.2, 0.25) is 0 Å². The van der Waals surface area contributed by atoms with E-state index in [1.54, 1.807) is 0 Å². The Morgan fingerprint density at radius 3 is 2.70 bits per heavy atom. The van der Waals surface area contributed by atoms with Crippen molar-refractivity contribution in [3.8, 4) is 0 Å². The highest BCUT2D eigenvalue weighted by atomic mass is 79.9. The van der Waals surface area contributed by atoms with Gasteiger partial charge in [-0.15, -0.1) is 0 Å². The molecule has 3 atom stereocenters. The molecule has 2 N–H and O–H groups in total. The van der Waals surface area contributed by atoms with Gasteiger partial charge < -0.3 is 15.4 Å². The molecule has 1 heterocycles. The fraction of sp³-hybridized carbons (Fsp3) is 0.619. The van der Waals surface area contributed by atoms with Crippen LogP contribution in [0.15, 0.2) is 22.7 Å². The lowest BCUT2D eigenvalue weighted by molar-refractivity contribution is -0.123. The topological polar surface area (TPSA) is 72.6 Å². The minimum Gasteiger partial charge on any atom is -0.444 e. The number of ether oxygens (including phenoxy) is 1. The number of halogens is 1. The molecular weight excluding hydrogens is 408 g/mol. The fourth-order valence-corrected chi connectivity index (χ4v) is 4.87. The second-order valence-corrected chi connectivity index (χ2v) is 10.0. The van der Waals surface area contributed by atoms with Crippen molar-refractivity contribution in [3.63, 3.8) is 0 Å². The molecular formula is C21H29BrN2O3. The number of hydrogen-bond donors (Lipinski definition) is 1. The van der Waals surface area contributed by atoms with Crippen LogP contribution in [0.3, 0.4) is 0 Å². The lowest BCUT2D eigenvalue weighted by Gasteiger charge is -2.41. The van der Waals surface area contributed by atoms with Crippen molar-refractivity contribution in [1.29, 1.82) is 0 Å². The van der Waals surface area contributed by atoms with E-state index < -0.39 is 5.60 Å². The Hall–Kier alpha value is -1.56. The molecule has 2 amide bonds. The molecule has 5 nitrogen and oxygen atoms in total. The lowest BCUT2D eigenvalue weighted by atomic mass is 9.63. The number of hydrogen-bond acceptors (Lipinski definition) is 3. The lowest BCUT2D eigenvalue weighted by Crippen LogP contribution is -2.43. The quantitative estimate of drug-likeness (QED) is 0.760. The van der Waals surface area contributed by atoms with Crippen molar-refractivity contribution in [1.82, 2.24) is 4.90 Å². The van der Waals surface area contributed by atoms with Gasteiger partial charge in [-0.1, -0.05) is 28.9 Å².